The van der Waals surface area contributed by atoms with E-state index in [1.54, 1.807) is 0 Å². The maximum Gasteiger partial charge on any atom is 0.0766 e. The Morgan fingerprint density at radius 3 is 2.75 bits per heavy atom. The molecule has 1 aromatic heterocycles. The minimum atomic E-state index is 0.281. The van der Waals surface area contributed by atoms with Gasteiger partial charge in [0.05, 0.1) is 15.9 Å². The van der Waals surface area contributed by atoms with E-state index in [9.17, 15) is 0 Å². The van der Waals surface area contributed by atoms with Gasteiger partial charge in [-0.2, -0.15) is 5.10 Å². The molecule has 0 radical (unpaired) electrons. The van der Waals surface area contributed by atoms with E-state index in [2.05, 4.69) is 28.0 Å². The number of nitrogens with zero attached hydrogens (tertiary/aromatic N) is 2. The lowest BCUT2D eigenvalue weighted by molar-refractivity contribution is 0.544. The molecule has 1 aromatic rings. The molecule has 1 aliphatic carbocycles. The number of hydrogen-bond donors (Lipinski definition) is 1. The van der Waals surface area contributed by atoms with E-state index in [0.717, 1.165) is 28.9 Å². The molecule has 1 saturated carbocycles. The van der Waals surface area contributed by atoms with Crippen LogP contribution >= 0.6 is 15.9 Å². The summed E-state index contributed by atoms with van der Waals surface area (Å²) in [6.07, 6.45) is 5.81. The van der Waals surface area contributed by atoms with Gasteiger partial charge in [-0.15, -0.1) is 0 Å². The summed E-state index contributed by atoms with van der Waals surface area (Å²) in [4.78, 5) is 0. The summed E-state index contributed by atoms with van der Waals surface area (Å²) in [5.41, 5.74) is 8.55. The van der Waals surface area contributed by atoms with Gasteiger partial charge in [0.25, 0.3) is 0 Å². The Balaban J connectivity index is 2.04. The first-order chi connectivity index (χ1) is 7.61. The number of aromatic nitrogens is 2. The van der Waals surface area contributed by atoms with Crippen molar-refractivity contribution in [3.8, 4) is 0 Å². The van der Waals surface area contributed by atoms with Gasteiger partial charge >= 0.3 is 0 Å². The molecule has 1 heterocycles. The maximum atomic E-state index is 6.17. The van der Waals surface area contributed by atoms with E-state index in [4.69, 9.17) is 5.73 Å². The van der Waals surface area contributed by atoms with Crippen LogP contribution in [0.2, 0.25) is 0 Å². The van der Waals surface area contributed by atoms with E-state index in [-0.39, 0.29) is 6.04 Å². The number of halogens is 1. The van der Waals surface area contributed by atoms with Crippen molar-refractivity contribution in [2.75, 3.05) is 0 Å². The van der Waals surface area contributed by atoms with Crippen LogP contribution in [-0.2, 0) is 19.9 Å². The molecule has 0 saturated heterocycles. The summed E-state index contributed by atoms with van der Waals surface area (Å²) in [7, 11) is 2.00. The lowest BCUT2D eigenvalue weighted by Gasteiger charge is -2.11. The Morgan fingerprint density at radius 2 is 2.25 bits per heavy atom. The van der Waals surface area contributed by atoms with Crippen LogP contribution in [0.3, 0.4) is 0 Å². The van der Waals surface area contributed by atoms with Crippen molar-refractivity contribution in [3.05, 3.63) is 15.9 Å². The van der Waals surface area contributed by atoms with Crippen molar-refractivity contribution in [2.45, 2.75) is 45.1 Å². The lowest BCUT2D eigenvalue weighted by Crippen LogP contribution is -2.24. The van der Waals surface area contributed by atoms with Gasteiger partial charge in [0.15, 0.2) is 0 Å². The van der Waals surface area contributed by atoms with Gasteiger partial charge < -0.3 is 5.73 Å². The van der Waals surface area contributed by atoms with Crippen molar-refractivity contribution in [2.24, 2.45) is 18.7 Å². The van der Waals surface area contributed by atoms with Crippen molar-refractivity contribution in [1.29, 1.82) is 0 Å². The van der Waals surface area contributed by atoms with Crippen molar-refractivity contribution >= 4 is 15.9 Å². The molecular formula is C12H20BrN3. The van der Waals surface area contributed by atoms with Gasteiger partial charge in [0.2, 0.25) is 0 Å². The molecule has 2 rings (SSSR count). The van der Waals surface area contributed by atoms with Gasteiger partial charge in [0, 0.05) is 19.5 Å². The van der Waals surface area contributed by atoms with Crippen LogP contribution in [0.1, 0.15) is 37.6 Å². The molecule has 1 atom stereocenters. The highest BCUT2D eigenvalue weighted by molar-refractivity contribution is 9.10. The molecule has 0 spiro atoms. The largest absolute Gasteiger partial charge is 0.327 e. The molecule has 0 amide bonds. The summed E-state index contributed by atoms with van der Waals surface area (Å²) in [6, 6.07) is 0.281. The molecule has 16 heavy (non-hydrogen) atoms. The quantitative estimate of drug-likeness (QED) is 0.903. The predicted octanol–water partition coefficient (Wildman–Crippen LogP) is 2.41. The highest BCUT2D eigenvalue weighted by Gasteiger charge is 2.25. The van der Waals surface area contributed by atoms with E-state index < -0.39 is 0 Å². The maximum absolute atomic E-state index is 6.17. The predicted molar refractivity (Wildman–Crippen MR) is 69.3 cm³/mol. The van der Waals surface area contributed by atoms with Crippen LogP contribution in [0.5, 0.6) is 0 Å². The Kier molecular flexibility index (Phi) is 3.70. The zero-order chi connectivity index (χ0) is 11.7. The van der Waals surface area contributed by atoms with Gasteiger partial charge in [-0.05, 0) is 34.7 Å². The van der Waals surface area contributed by atoms with Crippen LogP contribution < -0.4 is 5.73 Å². The molecule has 90 valence electrons. The molecule has 4 heteroatoms. The standard InChI is InChI=1S/C12H20BrN3/c1-3-10-12(13)11(16(2)15-10)7-9(14)6-8-4-5-8/h8-9H,3-7,14H2,1-2H3. The van der Waals surface area contributed by atoms with Crippen molar-refractivity contribution in [3.63, 3.8) is 0 Å². The van der Waals surface area contributed by atoms with Gasteiger partial charge in [-0.3, -0.25) is 4.68 Å². The Bertz CT molecular complexity index is 369. The molecule has 1 aliphatic rings. The summed E-state index contributed by atoms with van der Waals surface area (Å²) < 4.78 is 3.12. The topological polar surface area (TPSA) is 43.8 Å². The van der Waals surface area contributed by atoms with Crippen LogP contribution in [-0.4, -0.2) is 15.8 Å². The van der Waals surface area contributed by atoms with Crippen LogP contribution in [0, 0.1) is 5.92 Å². The lowest BCUT2D eigenvalue weighted by atomic mass is 10.1. The second-order valence-corrected chi connectivity index (χ2v) is 5.62. The van der Waals surface area contributed by atoms with Crippen LogP contribution in [0.4, 0.5) is 0 Å². The van der Waals surface area contributed by atoms with Gasteiger partial charge in [0.1, 0.15) is 0 Å². The van der Waals surface area contributed by atoms with E-state index in [1.165, 1.54) is 25.0 Å². The third kappa shape index (κ3) is 2.66. The fraction of sp³-hybridized carbons (Fsp3) is 0.750. The van der Waals surface area contributed by atoms with E-state index >= 15 is 0 Å². The Morgan fingerprint density at radius 1 is 1.56 bits per heavy atom. The number of rotatable bonds is 5. The van der Waals surface area contributed by atoms with Gasteiger partial charge in [-0.1, -0.05) is 19.8 Å². The third-order valence-corrected chi connectivity index (χ3v) is 4.21. The second kappa shape index (κ2) is 4.88. The summed E-state index contributed by atoms with van der Waals surface area (Å²) in [5, 5.41) is 4.49. The summed E-state index contributed by atoms with van der Waals surface area (Å²) in [5.74, 6) is 0.896. The fourth-order valence-electron chi connectivity index (χ4n) is 2.15. The fourth-order valence-corrected chi connectivity index (χ4v) is 2.93. The highest BCUT2D eigenvalue weighted by Crippen LogP contribution is 2.34. The molecular weight excluding hydrogens is 266 g/mol. The summed E-state index contributed by atoms with van der Waals surface area (Å²) >= 11 is 3.63. The first-order valence-corrected chi connectivity index (χ1v) is 6.87. The average molecular weight is 286 g/mol. The molecule has 0 aromatic carbocycles. The van der Waals surface area contributed by atoms with Crippen molar-refractivity contribution in [1.82, 2.24) is 9.78 Å². The van der Waals surface area contributed by atoms with Crippen LogP contribution in [0.25, 0.3) is 0 Å². The van der Waals surface area contributed by atoms with E-state index in [1.807, 2.05) is 11.7 Å². The molecule has 1 unspecified atom stereocenters. The molecule has 1 fully saturated rings. The molecule has 0 aliphatic heterocycles. The Labute approximate surface area is 106 Å². The minimum absolute atomic E-state index is 0.281. The molecule has 2 N–H and O–H groups in total. The first kappa shape index (κ1) is 12.1. The smallest absolute Gasteiger partial charge is 0.0766 e. The minimum Gasteiger partial charge on any atom is -0.327 e. The summed E-state index contributed by atoms with van der Waals surface area (Å²) in [6.45, 7) is 2.13. The highest BCUT2D eigenvalue weighted by atomic mass is 79.9. The molecule has 0 bridgehead atoms. The Hall–Kier alpha value is -0.350. The van der Waals surface area contributed by atoms with Crippen LogP contribution in [0.15, 0.2) is 4.47 Å². The second-order valence-electron chi connectivity index (χ2n) is 4.83. The zero-order valence-electron chi connectivity index (χ0n) is 10.0. The molecule has 3 nitrogen and oxygen atoms in total. The van der Waals surface area contributed by atoms with Gasteiger partial charge in [-0.25, -0.2) is 0 Å². The SMILES string of the molecule is CCc1nn(C)c(CC(N)CC2CC2)c1Br. The monoisotopic (exact) mass is 285 g/mol. The first-order valence-electron chi connectivity index (χ1n) is 6.07. The average Bonchev–Trinajstić information content (AvgIpc) is 3.00. The zero-order valence-corrected chi connectivity index (χ0v) is 11.6. The number of hydrogen-bond acceptors (Lipinski definition) is 2. The van der Waals surface area contributed by atoms with E-state index in [0.29, 0.717) is 0 Å². The number of nitrogens with two attached hydrogens (primary N) is 1. The number of aryl methyl sites for hydroxylation is 2. The van der Waals surface area contributed by atoms with Crippen molar-refractivity contribution < 1.29 is 0 Å². The normalized spacial score (nSPS) is 17.8. The third-order valence-electron chi connectivity index (χ3n) is 3.29.